The fourth-order valence-electron chi connectivity index (χ4n) is 4.07. The Balaban J connectivity index is 1.82. The number of hydrogen-bond acceptors (Lipinski definition) is 2. The largest absolute Gasteiger partial charge is 0.489 e. The molecule has 1 spiro atoms. The fourth-order valence-corrected chi connectivity index (χ4v) is 4.40. The Morgan fingerprint density at radius 3 is 2.30 bits per heavy atom. The minimum atomic E-state index is 0.233. The van der Waals surface area contributed by atoms with Crippen LogP contribution in [0.2, 0.25) is 5.02 Å². The number of nitrogens with two attached hydrogens (primary N) is 1. The van der Waals surface area contributed by atoms with Crippen molar-refractivity contribution in [2.45, 2.75) is 64.5 Å². The van der Waals surface area contributed by atoms with Crippen LogP contribution in [0.5, 0.6) is 5.75 Å². The lowest BCUT2D eigenvalue weighted by Gasteiger charge is -2.56. The molecule has 2 aliphatic carbocycles. The highest BCUT2D eigenvalue weighted by Crippen LogP contribution is 2.52. The van der Waals surface area contributed by atoms with Gasteiger partial charge in [-0.3, -0.25) is 0 Å². The summed E-state index contributed by atoms with van der Waals surface area (Å²) in [5, 5.41) is 0.782. The highest BCUT2D eigenvalue weighted by Gasteiger charge is 2.55. The molecule has 2 unspecified atom stereocenters. The third-order valence-corrected chi connectivity index (χ3v) is 5.54. The monoisotopic (exact) mass is 293 g/mol. The number of rotatable bonds is 2. The predicted octanol–water partition coefficient (Wildman–Crippen LogP) is 4.39. The summed E-state index contributed by atoms with van der Waals surface area (Å²) in [5.74, 6) is 1.01. The molecule has 0 bridgehead atoms. The molecule has 2 saturated carbocycles. The molecule has 3 heteroatoms. The van der Waals surface area contributed by atoms with Crippen LogP contribution in [0.4, 0.5) is 0 Å². The van der Waals surface area contributed by atoms with Gasteiger partial charge in [0.05, 0.1) is 0 Å². The SMILES string of the molecule is Cc1cc(Cl)cc(C)c1OC1CC(N)C12CCCCC2. The molecular formula is C17H24ClNO. The molecule has 0 radical (unpaired) electrons. The third kappa shape index (κ3) is 2.23. The molecule has 0 saturated heterocycles. The molecule has 0 aliphatic heterocycles. The van der Waals surface area contributed by atoms with Crippen LogP contribution in [0.1, 0.15) is 49.7 Å². The summed E-state index contributed by atoms with van der Waals surface area (Å²) in [5.41, 5.74) is 8.82. The quantitative estimate of drug-likeness (QED) is 0.878. The standard InChI is InChI=1S/C17H24ClNO/c1-11-8-13(18)9-12(2)16(11)20-15-10-14(19)17(15)6-4-3-5-7-17/h8-9,14-15H,3-7,10,19H2,1-2H3. The van der Waals surface area contributed by atoms with Crippen LogP contribution in [0.3, 0.4) is 0 Å². The van der Waals surface area contributed by atoms with E-state index < -0.39 is 0 Å². The summed E-state index contributed by atoms with van der Waals surface area (Å²) >= 11 is 6.10. The van der Waals surface area contributed by atoms with Gasteiger partial charge >= 0.3 is 0 Å². The first-order chi connectivity index (χ1) is 9.53. The molecule has 0 heterocycles. The highest BCUT2D eigenvalue weighted by atomic mass is 35.5. The summed E-state index contributed by atoms with van der Waals surface area (Å²) in [6.07, 6.45) is 7.67. The second-order valence-electron chi connectivity index (χ2n) is 6.61. The lowest BCUT2D eigenvalue weighted by atomic mass is 9.55. The summed E-state index contributed by atoms with van der Waals surface area (Å²) in [6, 6.07) is 4.28. The highest BCUT2D eigenvalue weighted by molar-refractivity contribution is 6.30. The molecule has 2 N–H and O–H groups in total. The molecule has 0 amide bonds. The van der Waals surface area contributed by atoms with Crippen molar-refractivity contribution >= 4 is 11.6 Å². The van der Waals surface area contributed by atoms with E-state index in [1.807, 2.05) is 12.1 Å². The smallest absolute Gasteiger partial charge is 0.125 e. The molecule has 110 valence electrons. The van der Waals surface area contributed by atoms with Crippen molar-refractivity contribution in [1.82, 2.24) is 0 Å². The molecule has 2 aliphatic rings. The van der Waals surface area contributed by atoms with Gasteiger partial charge in [0.25, 0.3) is 0 Å². The minimum absolute atomic E-state index is 0.233. The molecule has 1 aromatic carbocycles. The molecule has 2 fully saturated rings. The predicted molar refractivity (Wildman–Crippen MR) is 83.5 cm³/mol. The van der Waals surface area contributed by atoms with E-state index in [2.05, 4.69) is 13.8 Å². The second-order valence-corrected chi connectivity index (χ2v) is 7.05. The van der Waals surface area contributed by atoms with Gasteiger partial charge in [0.15, 0.2) is 0 Å². The van der Waals surface area contributed by atoms with E-state index >= 15 is 0 Å². The lowest BCUT2D eigenvalue weighted by molar-refractivity contribution is -0.0903. The minimum Gasteiger partial charge on any atom is -0.489 e. The Labute approximate surface area is 126 Å². The molecule has 0 aromatic heterocycles. The zero-order valence-electron chi connectivity index (χ0n) is 12.4. The van der Waals surface area contributed by atoms with Crippen molar-refractivity contribution in [3.05, 3.63) is 28.3 Å². The fraction of sp³-hybridized carbons (Fsp3) is 0.647. The van der Waals surface area contributed by atoms with Crippen LogP contribution >= 0.6 is 11.6 Å². The summed E-state index contributed by atoms with van der Waals surface area (Å²) in [4.78, 5) is 0. The van der Waals surface area contributed by atoms with E-state index in [4.69, 9.17) is 22.1 Å². The van der Waals surface area contributed by atoms with Crippen LogP contribution in [0.25, 0.3) is 0 Å². The van der Waals surface area contributed by atoms with Gasteiger partial charge in [0, 0.05) is 22.9 Å². The Kier molecular flexibility index (Phi) is 3.72. The van der Waals surface area contributed by atoms with Crippen LogP contribution in [0.15, 0.2) is 12.1 Å². The number of benzene rings is 1. The van der Waals surface area contributed by atoms with Gasteiger partial charge in [-0.15, -0.1) is 0 Å². The zero-order chi connectivity index (χ0) is 14.3. The maximum absolute atomic E-state index is 6.39. The maximum Gasteiger partial charge on any atom is 0.125 e. The van der Waals surface area contributed by atoms with Crippen molar-refractivity contribution in [3.63, 3.8) is 0 Å². The van der Waals surface area contributed by atoms with Crippen LogP contribution in [-0.4, -0.2) is 12.1 Å². The number of hydrogen-bond donors (Lipinski definition) is 1. The number of ether oxygens (including phenoxy) is 1. The van der Waals surface area contributed by atoms with Crippen molar-refractivity contribution in [2.75, 3.05) is 0 Å². The molecule has 3 rings (SSSR count). The first-order valence-corrected chi connectivity index (χ1v) is 8.10. The average Bonchev–Trinajstić information content (AvgIpc) is 2.42. The first-order valence-electron chi connectivity index (χ1n) is 7.72. The summed E-state index contributed by atoms with van der Waals surface area (Å²) in [7, 11) is 0. The average molecular weight is 294 g/mol. The zero-order valence-corrected chi connectivity index (χ0v) is 13.2. The van der Waals surface area contributed by atoms with E-state index in [-0.39, 0.29) is 11.5 Å². The Morgan fingerprint density at radius 2 is 1.75 bits per heavy atom. The third-order valence-electron chi connectivity index (χ3n) is 5.32. The van der Waals surface area contributed by atoms with Gasteiger partial charge in [-0.05, 0) is 49.9 Å². The topological polar surface area (TPSA) is 35.2 Å². The van der Waals surface area contributed by atoms with E-state index in [9.17, 15) is 0 Å². The maximum atomic E-state index is 6.39. The Hall–Kier alpha value is -0.730. The molecule has 2 nitrogen and oxygen atoms in total. The van der Waals surface area contributed by atoms with E-state index in [1.165, 1.54) is 32.1 Å². The lowest BCUT2D eigenvalue weighted by Crippen LogP contribution is -2.64. The Morgan fingerprint density at radius 1 is 1.15 bits per heavy atom. The van der Waals surface area contributed by atoms with Gasteiger partial charge in [0.1, 0.15) is 11.9 Å². The normalized spacial score (nSPS) is 28.2. The van der Waals surface area contributed by atoms with Crippen LogP contribution < -0.4 is 10.5 Å². The van der Waals surface area contributed by atoms with E-state index in [0.29, 0.717) is 6.04 Å². The van der Waals surface area contributed by atoms with Gasteiger partial charge < -0.3 is 10.5 Å². The first kappa shape index (κ1) is 14.2. The van der Waals surface area contributed by atoms with E-state index in [1.54, 1.807) is 0 Å². The molecule has 20 heavy (non-hydrogen) atoms. The van der Waals surface area contributed by atoms with Crippen molar-refractivity contribution in [1.29, 1.82) is 0 Å². The van der Waals surface area contributed by atoms with Crippen LogP contribution in [-0.2, 0) is 0 Å². The molecule has 1 aromatic rings. The summed E-state index contributed by atoms with van der Waals surface area (Å²) < 4.78 is 6.39. The second kappa shape index (κ2) is 5.23. The van der Waals surface area contributed by atoms with Gasteiger partial charge in [0.2, 0.25) is 0 Å². The van der Waals surface area contributed by atoms with Gasteiger partial charge in [-0.2, -0.15) is 0 Å². The van der Waals surface area contributed by atoms with Gasteiger partial charge in [-0.1, -0.05) is 30.9 Å². The van der Waals surface area contributed by atoms with Crippen molar-refractivity contribution < 1.29 is 4.74 Å². The van der Waals surface area contributed by atoms with Crippen LogP contribution in [0, 0.1) is 19.3 Å². The number of aryl methyl sites for hydroxylation is 2. The van der Waals surface area contributed by atoms with E-state index in [0.717, 1.165) is 28.3 Å². The van der Waals surface area contributed by atoms with Crippen molar-refractivity contribution in [2.24, 2.45) is 11.1 Å². The Bertz CT molecular complexity index is 485. The van der Waals surface area contributed by atoms with Crippen molar-refractivity contribution in [3.8, 4) is 5.75 Å². The molecule has 2 atom stereocenters. The number of halogens is 1. The summed E-state index contributed by atoms with van der Waals surface area (Å²) in [6.45, 7) is 4.14. The van der Waals surface area contributed by atoms with Gasteiger partial charge in [-0.25, -0.2) is 0 Å². The molecular weight excluding hydrogens is 270 g/mol.